The Bertz CT molecular complexity index is 374. The normalized spacial score (nSPS) is 16.4. The van der Waals surface area contributed by atoms with Gasteiger partial charge >= 0.3 is 5.97 Å². The molecule has 0 fully saturated rings. The van der Waals surface area contributed by atoms with E-state index in [2.05, 4.69) is 0 Å². The maximum absolute atomic E-state index is 11.0. The summed E-state index contributed by atoms with van der Waals surface area (Å²) in [5.41, 5.74) is 4.57. The zero-order valence-electron chi connectivity index (χ0n) is 8.92. The lowest BCUT2D eigenvalue weighted by Crippen LogP contribution is -2.57. The van der Waals surface area contributed by atoms with Gasteiger partial charge in [0.25, 0.3) is 0 Å². The molecule has 5 N–H and O–H groups in total. The monoisotopic (exact) mass is 225 g/mol. The third-order valence-corrected chi connectivity index (χ3v) is 2.58. The van der Waals surface area contributed by atoms with E-state index in [4.69, 9.17) is 15.9 Å². The third kappa shape index (κ3) is 2.50. The Morgan fingerprint density at radius 3 is 2.31 bits per heavy atom. The molecule has 1 rings (SSSR count). The molecule has 0 saturated carbocycles. The van der Waals surface area contributed by atoms with Crippen LogP contribution in [-0.4, -0.2) is 32.9 Å². The lowest BCUT2D eigenvalue weighted by Gasteiger charge is -2.27. The van der Waals surface area contributed by atoms with Gasteiger partial charge in [-0.1, -0.05) is 12.1 Å². The van der Waals surface area contributed by atoms with Crippen molar-refractivity contribution < 1.29 is 20.1 Å². The highest BCUT2D eigenvalue weighted by Crippen LogP contribution is 2.18. The molecule has 0 heterocycles. The molecule has 0 aromatic heterocycles. The molecule has 0 bridgehead atoms. The molecule has 5 heteroatoms. The third-order valence-electron chi connectivity index (χ3n) is 2.58. The quantitative estimate of drug-likeness (QED) is 0.581. The first-order valence-electron chi connectivity index (χ1n) is 4.84. The smallest absolute Gasteiger partial charge is 0.326 e. The zero-order valence-corrected chi connectivity index (χ0v) is 8.92. The maximum Gasteiger partial charge on any atom is 0.326 e. The van der Waals surface area contributed by atoms with Gasteiger partial charge in [0.15, 0.2) is 0 Å². The molecular weight excluding hydrogens is 210 g/mol. The van der Waals surface area contributed by atoms with Crippen LogP contribution < -0.4 is 5.73 Å². The Labute approximate surface area is 93.1 Å². The van der Waals surface area contributed by atoms with Crippen LogP contribution in [0.25, 0.3) is 0 Å². The number of carboxylic acids is 1. The van der Waals surface area contributed by atoms with Crippen LogP contribution in [0.15, 0.2) is 24.3 Å². The van der Waals surface area contributed by atoms with E-state index in [0.29, 0.717) is 5.56 Å². The van der Waals surface area contributed by atoms with Gasteiger partial charge < -0.3 is 21.1 Å². The van der Waals surface area contributed by atoms with E-state index in [9.17, 15) is 9.90 Å². The molecule has 0 radical (unpaired) electrons. The lowest BCUT2D eigenvalue weighted by atomic mass is 9.87. The van der Waals surface area contributed by atoms with E-state index in [1.807, 2.05) is 0 Å². The summed E-state index contributed by atoms with van der Waals surface area (Å²) in [4.78, 5) is 11.0. The number of hydrogen-bond acceptors (Lipinski definition) is 4. The van der Waals surface area contributed by atoms with Crippen molar-refractivity contribution >= 4 is 5.97 Å². The molecular formula is C11H15NO4. The second-order valence-corrected chi connectivity index (χ2v) is 3.86. The van der Waals surface area contributed by atoms with Crippen LogP contribution in [0, 0.1) is 0 Å². The fraction of sp³-hybridized carbons (Fsp3) is 0.364. The molecule has 0 aliphatic carbocycles. The number of rotatable bonds is 4. The van der Waals surface area contributed by atoms with E-state index >= 15 is 0 Å². The number of benzene rings is 1. The van der Waals surface area contributed by atoms with Crippen molar-refractivity contribution in [3.8, 4) is 5.75 Å². The summed E-state index contributed by atoms with van der Waals surface area (Å²) >= 11 is 0. The molecule has 2 unspecified atom stereocenters. The van der Waals surface area contributed by atoms with E-state index in [-0.39, 0.29) is 12.2 Å². The van der Waals surface area contributed by atoms with E-state index in [0.717, 1.165) is 0 Å². The summed E-state index contributed by atoms with van der Waals surface area (Å²) in [5, 5.41) is 27.5. The first-order chi connectivity index (χ1) is 7.36. The molecule has 1 aromatic carbocycles. The highest BCUT2D eigenvalue weighted by Gasteiger charge is 2.39. The molecule has 5 nitrogen and oxygen atoms in total. The average Bonchev–Trinajstić information content (AvgIpc) is 2.20. The Kier molecular flexibility index (Phi) is 3.51. The molecule has 0 amide bonds. The van der Waals surface area contributed by atoms with Gasteiger partial charge in [-0.05, 0) is 24.6 Å². The van der Waals surface area contributed by atoms with Gasteiger partial charge in [-0.15, -0.1) is 0 Å². The highest BCUT2D eigenvalue weighted by molar-refractivity contribution is 5.79. The lowest BCUT2D eigenvalue weighted by molar-refractivity contribution is -0.147. The summed E-state index contributed by atoms with van der Waals surface area (Å²) in [6, 6.07) is 6.03. The van der Waals surface area contributed by atoms with Crippen molar-refractivity contribution in [1.82, 2.24) is 0 Å². The van der Waals surface area contributed by atoms with Crippen molar-refractivity contribution in [1.29, 1.82) is 0 Å². The van der Waals surface area contributed by atoms with Crippen LogP contribution in [0.5, 0.6) is 5.75 Å². The molecule has 2 atom stereocenters. The van der Waals surface area contributed by atoms with Crippen LogP contribution in [0.4, 0.5) is 0 Å². The van der Waals surface area contributed by atoms with Crippen LogP contribution in [0.1, 0.15) is 12.5 Å². The summed E-state index contributed by atoms with van der Waals surface area (Å²) < 4.78 is 0. The molecule has 0 aliphatic heterocycles. The van der Waals surface area contributed by atoms with Crippen molar-refractivity contribution in [2.75, 3.05) is 0 Å². The zero-order chi connectivity index (χ0) is 12.3. The number of aliphatic hydroxyl groups excluding tert-OH is 1. The largest absolute Gasteiger partial charge is 0.508 e. The summed E-state index contributed by atoms with van der Waals surface area (Å²) in [7, 11) is 0. The first kappa shape index (κ1) is 12.5. The number of aliphatic hydroxyl groups is 1. The fourth-order valence-electron chi connectivity index (χ4n) is 1.35. The van der Waals surface area contributed by atoms with Crippen LogP contribution in [0.2, 0.25) is 0 Å². The SMILES string of the molecule is CC(O)C(N)(Cc1ccc(O)cc1)C(=O)O. The number of phenolic OH excluding ortho intramolecular Hbond substituents is 1. The number of hydrogen-bond donors (Lipinski definition) is 4. The van der Waals surface area contributed by atoms with E-state index in [1.165, 1.54) is 19.1 Å². The van der Waals surface area contributed by atoms with Gasteiger partial charge in [-0.25, -0.2) is 0 Å². The first-order valence-corrected chi connectivity index (χ1v) is 4.84. The number of aromatic hydroxyl groups is 1. The summed E-state index contributed by atoms with van der Waals surface area (Å²) in [6.45, 7) is 1.34. The molecule has 0 saturated heterocycles. The molecule has 0 spiro atoms. The van der Waals surface area contributed by atoms with E-state index in [1.54, 1.807) is 12.1 Å². The predicted octanol–water partition coefficient (Wildman–Crippen LogP) is 0.0976. The standard InChI is InChI=1S/C11H15NO4/c1-7(13)11(12,10(15)16)6-8-2-4-9(14)5-3-8/h2-5,7,13-14H,6,12H2,1H3,(H,15,16). The van der Waals surface area contributed by atoms with Crippen LogP contribution in [-0.2, 0) is 11.2 Å². The van der Waals surface area contributed by atoms with Crippen LogP contribution >= 0.6 is 0 Å². The minimum Gasteiger partial charge on any atom is -0.508 e. The minimum atomic E-state index is -1.71. The Hall–Kier alpha value is -1.59. The van der Waals surface area contributed by atoms with Crippen molar-refractivity contribution in [3.05, 3.63) is 29.8 Å². The topological polar surface area (TPSA) is 104 Å². The van der Waals surface area contributed by atoms with Gasteiger partial charge in [0.2, 0.25) is 0 Å². The Balaban J connectivity index is 2.93. The van der Waals surface area contributed by atoms with Crippen molar-refractivity contribution in [2.24, 2.45) is 5.73 Å². The van der Waals surface area contributed by atoms with Gasteiger partial charge in [-0.3, -0.25) is 4.79 Å². The fourth-order valence-corrected chi connectivity index (χ4v) is 1.35. The predicted molar refractivity (Wildman–Crippen MR) is 58.0 cm³/mol. The van der Waals surface area contributed by atoms with Crippen LogP contribution in [0.3, 0.4) is 0 Å². The maximum atomic E-state index is 11.0. The number of carboxylic acid groups (broad SMARTS) is 1. The molecule has 1 aromatic rings. The summed E-state index contributed by atoms with van der Waals surface area (Å²) in [5.74, 6) is -1.16. The van der Waals surface area contributed by atoms with Gasteiger partial charge in [0.1, 0.15) is 11.3 Å². The van der Waals surface area contributed by atoms with Gasteiger partial charge in [-0.2, -0.15) is 0 Å². The van der Waals surface area contributed by atoms with E-state index < -0.39 is 17.6 Å². The molecule has 88 valence electrons. The number of aliphatic carboxylic acids is 1. The van der Waals surface area contributed by atoms with Gasteiger partial charge in [0.05, 0.1) is 6.10 Å². The minimum absolute atomic E-state index is 0.000278. The Morgan fingerprint density at radius 2 is 1.94 bits per heavy atom. The summed E-state index contributed by atoms with van der Waals surface area (Å²) in [6.07, 6.45) is -1.17. The van der Waals surface area contributed by atoms with Crippen molar-refractivity contribution in [3.63, 3.8) is 0 Å². The number of nitrogens with two attached hydrogens (primary N) is 1. The second-order valence-electron chi connectivity index (χ2n) is 3.86. The molecule has 0 aliphatic rings. The molecule has 16 heavy (non-hydrogen) atoms. The van der Waals surface area contributed by atoms with Gasteiger partial charge in [0, 0.05) is 6.42 Å². The highest BCUT2D eigenvalue weighted by atomic mass is 16.4. The number of carbonyl (C=O) groups is 1. The Morgan fingerprint density at radius 1 is 1.44 bits per heavy atom. The van der Waals surface area contributed by atoms with Crippen molar-refractivity contribution in [2.45, 2.75) is 25.0 Å². The number of phenols is 1. The second kappa shape index (κ2) is 4.51. The average molecular weight is 225 g/mol.